The predicted octanol–water partition coefficient (Wildman–Crippen LogP) is 4.50. The number of thiophene rings is 1. The predicted molar refractivity (Wildman–Crippen MR) is 130 cm³/mol. The molecule has 33 heavy (non-hydrogen) atoms. The molecule has 2 heterocycles. The fourth-order valence-electron chi connectivity index (χ4n) is 3.40. The van der Waals surface area contributed by atoms with Crippen molar-refractivity contribution < 1.29 is 22.8 Å². The second-order valence-electron chi connectivity index (χ2n) is 7.41. The number of carbonyl (C=O) groups is 1. The van der Waals surface area contributed by atoms with E-state index >= 15 is 0 Å². The van der Waals surface area contributed by atoms with Crippen LogP contribution in [0.15, 0.2) is 45.7 Å². The number of anilines is 2. The first kappa shape index (κ1) is 25.0. The molecule has 176 valence electrons. The van der Waals surface area contributed by atoms with E-state index in [-0.39, 0.29) is 27.3 Å². The topological polar surface area (TPSA) is 122 Å². The summed E-state index contributed by atoms with van der Waals surface area (Å²) in [6, 6.07) is 5.12. The number of hydrogen-bond acceptors (Lipinski definition) is 8. The monoisotopic (exact) mass is 509 g/mol. The number of amides is 1. The maximum absolute atomic E-state index is 13.4. The van der Waals surface area contributed by atoms with E-state index in [1.807, 2.05) is 19.9 Å². The van der Waals surface area contributed by atoms with Crippen LogP contribution in [0.25, 0.3) is 0 Å². The highest BCUT2D eigenvalue weighted by Gasteiger charge is 2.32. The molecule has 3 N–H and O–H groups in total. The normalized spacial score (nSPS) is 12.4. The van der Waals surface area contributed by atoms with Crippen LogP contribution < -0.4 is 10.6 Å². The Morgan fingerprint density at radius 3 is 2.70 bits per heavy atom. The quantitative estimate of drug-likeness (QED) is 0.363. The number of sulfone groups is 1. The minimum Gasteiger partial charge on any atom is -0.396 e. The van der Waals surface area contributed by atoms with Crippen molar-refractivity contribution in [3.63, 3.8) is 0 Å². The Kier molecular flexibility index (Phi) is 7.63. The van der Waals surface area contributed by atoms with Crippen molar-refractivity contribution in [1.29, 1.82) is 0 Å². The minimum atomic E-state index is -4.08. The summed E-state index contributed by atoms with van der Waals surface area (Å²) < 4.78 is 31.8. The molecule has 8 nitrogen and oxygen atoms in total. The van der Waals surface area contributed by atoms with Crippen LogP contribution in [-0.4, -0.2) is 36.6 Å². The van der Waals surface area contributed by atoms with Gasteiger partial charge in [-0.05, 0) is 61.4 Å². The van der Waals surface area contributed by atoms with Gasteiger partial charge in [-0.1, -0.05) is 35.5 Å². The van der Waals surface area contributed by atoms with E-state index in [0.29, 0.717) is 17.8 Å². The molecule has 0 aliphatic carbocycles. The Hall–Kier alpha value is -2.66. The number of nitrogens with zero attached hydrogens (tertiary/aromatic N) is 1. The average Bonchev–Trinajstić information content (AvgIpc) is 3.37. The number of aryl methyl sites for hydroxylation is 3. The van der Waals surface area contributed by atoms with Crippen LogP contribution in [-0.2, 0) is 16.3 Å². The number of hydrogen-bond donors (Lipinski definition) is 3. The lowest BCUT2D eigenvalue weighted by Gasteiger charge is -2.17. The first-order valence-corrected chi connectivity index (χ1v) is 12.7. The van der Waals surface area contributed by atoms with Crippen LogP contribution in [0.4, 0.5) is 11.6 Å². The highest BCUT2D eigenvalue weighted by Crippen LogP contribution is 2.31. The maximum Gasteiger partial charge on any atom is 0.267 e. The van der Waals surface area contributed by atoms with Crippen molar-refractivity contribution in [2.24, 2.45) is 0 Å². The number of aliphatic hydroxyl groups excluding tert-OH is 1. The van der Waals surface area contributed by atoms with Gasteiger partial charge >= 0.3 is 0 Å². The fraction of sp³-hybridized carbons (Fsp3) is 0.273. The van der Waals surface area contributed by atoms with Crippen LogP contribution >= 0.6 is 22.9 Å². The third kappa shape index (κ3) is 5.14. The summed E-state index contributed by atoms with van der Waals surface area (Å²) in [5.74, 6) is -0.572. The zero-order chi connectivity index (χ0) is 24.3. The molecule has 0 saturated carbocycles. The molecule has 11 heteroatoms. The van der Waals surface area contributed by atoms with Gasteiger partial charge in [0.15, 0.2) is 5.37 Å². The van der Waals surface area contributed by atoms with Crippen molar-refractivity contribution in [3.8, 4) is 0 Å². The van der Waals surface area contributed by atoms with Gasteiger partial charge in [0, 0.05) is 12.3 Å². The molecule has 0 bridgehead atoms. The van der Waals surface area contributed by atoms with Gasteiger partial charge in [-0.15, -0.1) is 11.3 Å². The average molecular weight is 510 g/mol. The third-order valence-corrected chi connectivity index (χ3v) is 8.40. The van der Waals surface area contributed by atoms with Gasteiger partial charge in [0.2, 0.25) is 15.7 Å². The molecule has 3 aromatic rings. The molecule has 1 aromatic carbocycles. The summed E-state index contributed by atoms with van der Waals surface area (Å²) in [6.07, 6.45) is 1.54. The smallest absolute Gasteiger partial charge is 0.267 e. The molecule has 1 amide bonds. The van der Waals surface area contributed by atoms with Gasteiger partial charge in [0.25, 0.3) is 5.91 Å². The molecule has 0 aliphatic rings. The van der Waals surface area contributed by atoms with Crippen LogP contribution in [0.1, 0.15) is 32.1 Å². The zero-order valence-electron chi connectivity index (χ0n) is 18.3. The number of halogens is 1. The van der Waals surface area contributed by atoms with E-state index < -0.39 is 21.1 Å². The minimum absolute atomic E-state index is 0.00671. The maximum atomic E-state index is 13.4. The summed E-state index contributed by atoms with van der Waals surface area (Å²) in [4.78, 5) is 13.0. The van der Waals surface area contributed by atoms with Gasteiger partial charge < -0.3 is 20.3 Å². The van der Waals surface area contributed by atoms with E-state index in [4.69, 9.17) is 16.1 Å². The van der Waals surface area contributed by atoms with Crippen LogP contribution in [0.3, 0.4) is 0 Å². The number of benzene rings is 1. The molecule has 0 saturated heterocycles. The molecule has 2 aromatic heterocycles. The Bertz CT molecular complexity index is 1300. The van der Waals surface area contributed by atoms with Crippen LogP contribution in [0, 0.1) is 20.8 Å². The lowest BCUT2D eigenvalue weighted by atomic mass is 10.0. The summed E-state index contributed by atoms with van der Waals surface area (Å²) in [5.41, 5.74) is 3.58. The number of carbonyl (C=O) groups excluding carboxylic acids is 1. The molecule has 3 rings (SSSR count). The van der Waals surface area contributed by atoms with E-state index in [9.17, 15) is 18.3 Å². The summed E-state index contributed by atoms with van der Waals surface area (Å²) in [6.45, 7) is 8.92. The van der Waals surface area contributed by atoms with E-state index in [1.165, 1.54) is 17.5 Å². The van der Waals surface area contributed by atoms with Gasteiger partial charge in [0.1, 0.15) is 15.6 Å². The van der Waals surface area contributed by atoms with Crippen molar-refractivity contribution in [2.45, 2.75) is 37.5 Å². The van der Waals surface area contributed by atoms with Gasteiger partial charge in [-0.25, -0.2) is 8.42 Å². The highest BCUT2D eigenvalue weighted by atomic mass is 35.5. The Balaban J connectivity index is 1.93. The number of aliphatic hydroxyl groups is 1. The molecular formula is C22H24ClN3O5S2. The molecule has 1 atom stereocenters. The molecular weight excluding hydrogens is 486 g/mol. The largest absolute Gasteiger partial charge is 0.396 e. The molecule has 0 fully saturated rings. The number of rotatable bonds is 9. The Labute approximate surface area is 201 Å². The number of aromatic nitrogens is 1. The lowest BCUT2D eigenvalue weighted by molar-refractivity contribution is 0.102. The standard InChI is InChI=1S/C22H24ClN3O5S2/c1-5-18(25-22-19(23)14(4)26-31-22)33(29,30)17-7-9-32-20(17)21(28)24-16-11-12(2)10-13(3)15(16)6-8-27/h5,7,9-11,18,25,27H,1,6,8H2,2-4H3,(H,24,28). The lowest BCUT2D eigenvalue weighted by Crippen LogP contribution is -2.29. The second kappa shape index (κ2) is 10.1. The van der Waals surface area contributed by atoms with Gasteiger partial charge in [0.05, 0.1) is 4.90 Å². The molecule has 0 aliphatic heterocycles. The Morgan fingerprint density at radius 1 is 1.36 bits per heavy atom. The molecule has 0 radical (unpaired) electrons. The Morgan fingerprint density at radius 2 is 2.09 bits per heavy atom. The first-order valence-electron chi connectivity index (χ1n) is 9.94. The fourth-order valence-corrected chi connectivity index (χ4v) is 6.18. The van der Waals surface area contributed by atoms with Gasteiger partial charge in [-0.2, -0.15) is 0 Å². The van der Waals surface area contributed by atoms with Gasteiger partial charge in [-0.3, -0.25) is 4.79 Å². The van der Waals surface area contributed by atoms with Crippen molar-refractivity contribution in [3.05, 3.63) is 68.5 Å². The van der Waals surface area contributed by atoms with E-state index in [2.05, 4.69) is 22.4 Å². The van der Waals surface area contributed by atoms with E-state index in [0.717, 1.165) is 28.0 Å². The first-order chi connectivity index (χ1) is 15.6. The van der Waals surface area contributed by atoms with Crippen LogP contribution in [0.5, 0.6) is 0 Å². The van der Waals surface area contributed by atoms with Crippen molar-refractivity contribution >= 4 is 50.3 Å². The van der Waals surface area contributed by atoms with Crippen molar-refractivity contribution in [2.75, 3.05) is 17.2 Å². The van der Waals surface area contributed by atoms with Crippen molar-refractivity contribution in [1.82, 2.24) is 5.16 Å². The molecule has 0 spiro atoms. The van der Waals surface area contributed by atoms with E-state index in [1.54, 1.807) is 13.0 Å². The highest BCUT2D eigenvalue weighted by molar-refractivity contribution is 7.92. The number of nitrogens with one attached hydrogen (secondary N) is 2. The molecule has 1 unspecified atom stereocenters. The third-order valence-electron chi connectivity index (χ3n) is 4.98. The second-order valence-corrected chi connectivity index (χ2v) is 10.7. The summed E-state index contributed by atoms with van der Waals surface area (Å²) >= 11 is 7.10. The summed E-state index contributed by atoms with van der Waals surface area (Å²) in [7, 11) is -4.08. The van der Waals surface area contributed by atoms with Crippen LogP contribution in [0.2, 0.25) is 5.02 Å². The SMILES string of the molecule is C=CC(Nc1onc(C)c1Cl)S(=O)(=O)c1ccsc1C(=O)Nc1cc(C)cc(C)c1CCO. The zero-order valence-corrected chi connectivity index (χ0v) is 20.7. The summed E-state index contributed by atoms with van der Waals surface area (Å²) in [5, 5.41) is 19.0.